The van der Waals surface area contributed by atoms with E-state index in [-0.39, 0.29) is 16.4 Å². The van der Waals surface area contributed by atoms with E-state index in [0.29, 0.717) is 24.5 Å². The number of carboxylic acid groups (broad SMARTS) is 1. The lowest BCUT2D eigenvalue weighted by molar-refractivity contribution is 0.0696. The monoisotopic (exact) mass is 377 g/mol. The van der Waals surface area contributed by atoms with Gasteiger partial charge in [-0.05, 0) is 50.3 Å². The van der Waals surface area contributed by atoms with E-state index in [2.05, 4.69) is 5.10 Å². The van der Waals surface area contributed by atoms with Gasteiger partial charge in [0.25, 0.3) is 0 Å². The van der Waals surface area contributed by atoms with Crippen LogP contribution in [0.3, 0.4) is 0 Å². The molecule has 2 heterocycles. The van der Waals surface area contributed by atoms with Crippen molar-refractivity contribution in [3.05, 3.63) is 46.8 Å². The summed E-state index contributed by atoms with van der Waals surface area (Å²) in [4.78, 5) is 11.5. The molecule has 1 aromatic carbocycles. The molecule has 0 amide bonds. The second kappa shape index (κ2) is 6.85. The normalized spacial score (nSPS) is 18.8. The molecule has 1 fully saturated rings. The van der Waals surface area contributed by atoms with Gasteiger partial charge in [0.1, 0.15) is 4.90 Å². The number of hydrogen-bond acceptors (Lipinski definition) is 4. The molecule has 0 spiro atoms. The number of piperidine rings is 1. The molecule has 3 rings (SSSR count). The Kier molecular flexibility index (Phi) is 4.90. The van der Waals surface area contributed by atoms with Crippen LogP contribution in [-0.2, 0) is 17.1 Å². The minimum atomic E-state index is -3.64. The Labute approximate surface area is 153 Å². The van der Waals surface area contributed by atoms with Gasteiger partial charge in [-0.3, -0.25) is 4.68 Å². The molecule has 7 nitrogen and oxygen atoms in total. The quantitative estimate of drug-likeness (QED) is 0.883. The second-order valence-corrected chi connectivity index (χ2v) is 8.63. The van der Waals surface area contributed by atoms with Crippen LogP contribution in [0, 0.1) is 13.8 Å². The number of carbonyl (C=O) groups is 1. The summed E-state index contributed by atoms with van der Waals surface area (Å²) >= 11 is 0. The van der Waals surface area contributed by atoms with Gasteiger partial charge in [-0.15, -0.1) is 0 Å². The van der Waals surface area contributed by atoms with Crippen molar-refractivity contribution < 1.29 is 18.3 Å². The zero-order chi connectivity index (χ0) is 19.1. The number of aryl methyl sites for hydroxylation is 2. The van der Waals surface area contributed by atoms with E-state index in [4.69, 9.17) is 0 Å². The molecule has 2 aromatic rings. The van der Waals surface area contributed by atoms with E-state index in [1.165, 1.54) is 4.31 Å². The number of carboxylic acids is 1. The molecule has 1 N–H and O–H groups in total. The highest BCUT2D eigenvalue weighted by atomic mass is 32.2. The minimum absolute atomic E-state index is 0.0184. The lowest BCUT2D eigenvalue weighted by atomic mass is 9.91. The summed E-state index contributed by atoms with van der Waals surface area (Å²) in [5.41, 5.74) is 2.21. The van der Waals surface area contributed by atoms with Gasteiger partial charge >= 0.3 is 5.97 Å². The Morgan fingerprint density at radius 2 is 2.04 bits per heavy atom. The summed E-state index contributed by atoms with van der Waals surface area (Å²) in [5.74, 6) is -0.996. The summed E-state index contributed by atoms with van der Waals surface area (Å²) in [6.45, 7) is 4.27. The molecule has 26 heavy (non-hydrogen) atoms. The lowest BCUT2D eigenvalue weighted by Gasteiger charge is -2.32. The van der Waals surface area contributed by atoms with Crippen molar-refractivity contribution in [3.63, 3.8) is 0 Å². The summed E-state index contributed by atoms with van der Waals surface area (Å²) in [6.07, 6.45) is 1.57. The van der Waals surface area contributed by atoms with Crippen LogP contribution in [0.1, 0.15) is 46.1 Å². The summed E-state index contributed by atoms with van der Waals surface area (Å²) in [7, 11) is -1.90. The summed E-state index contributed by atoms with van der Waals surface area (Å²) in [6, 6.07) is 6.77. The first-order chi connectivity index (χ1) is 12.2. The Hall–Kier alpha value is -2.19. The Bertz CT molecular complexity index is 949. The third-order valence-electron chi connectivity index (χ3n) is 5.03. The first-order valence-electron chi connectivity index (χ1n) is 8.55. The highest BCUT2D eigenvalue weighted by Crippen LogP contribution is 2.32. The molecule has 1 aliphatic heterocycles. The number of rotatable bonds is 4. The summed E-state index contributed by atoms with van der Waals surface area (Å²) in [5, 5.41) is 13.4. The third kappa shape index (κ3) is 3.26. The zero-order valence-corrected chi connectivity index (χ0v) is 16.0. The van der Waals surface area contributed by atoms with E-state index >= 15 is 0 Å². The highest BCUT2D eigenvalue weighted by Gasteiger charge is 2.34. The smallest absolute Gasteiger partial charge is 0.335 e. The SMILES string of the molecule is Cc1nn(C)c(C)c1S(=O)(=O)N1CCC[C@@H](c2cccc(C(=O)O)c2)C1. The number of nitrogens with zero attached hydrogens (tertiary/aromatic N) is 3. The molecule has 1 aromatic heterocycles. The van der Waals surface area contributed by atoms with Gasteiger partial charge in [0.05, 0.1) is 17.0 Å². The van der Waals surface area contributed by atoms with Gasteiger partial charge in [-0.25, -0.2) is 13.2 Å². The standard InChI is InChI=1S/C18H23N3O4S/c1-12-17(13(2)20(3)19-12)26(24,25)21-9-5-8-16(11-21)14-6-4-7-15(10-14)18(22)23/h4,6-7,10,16H,5,8-9,11H2,1-3H3,(H,22,23)/t16-/m1/s1. The van der Waals surface area contributed by atoms with E-state index in [1.54, 1.807) is 43.8 Å². The van der Waals surface area contributed by atoms with Gasteiger partial charge in [0, 0.05) is 20.1 Å². The van der Waals surface area contributed by atoms with Crippen molar-refractivity contribution in [2.75, 3.05) is 13.1 Å². The van der Waals surface area contributed by atoms with Gasteiger partial charge in [0.2, 0.25) is 10.0 Å². The van der Waals surface area contributed by atoms with Crippen molar-refractivity contribution in [2.24, 2.45) is 7.05 Å². The molecule has 0 aliphatic carbocycles. The van der Waals surface area contributed by atoms with Gasteiger partial charge in [-0.1, -0.05) is 12.1 Å². The average Bonchev–Trinajstić information content (AvgIpc) is 2.87. The molecule has 0 bridgehead atoms. The maximum atomic E-state index is 13.2. The van der Waals surface area contributed by atoms with Crippen molar-refractivity contribution in [1.82, 2.24) is 14.1 Å². The van der Waals surface area contributed by atoms with Crippen molar-refractivity contribution in [2.45, 2.75) is 37.5 Å². The van der Waals surface area contributed by atoms with Gasteiger partial charge < -0.3 is 5.11 Å². The van der Waals surface area contributed by atoms with E-state index in [0.717, 1.165) is 18.4 Å². The van der Waals surface area contributed by atoms with Crippen molar-refractivity contribution >= 4 is 16.0 Å². The van der Waals surface area contributed by atoms with Crippen LogP contribution >= 0.6 is 0 Å². The predicted octanol–water partition coefficient (Wildman–Crippen LogP) is 2.30. The fourth-order valence-corrected chi connectivity index (χ4v) is 5.54. The number of aromatic carboxylic acids is 1. The number of benzene rings is 1. The van der Waals surface area contributed by atoms with Crippen LogP contribution in [0.15, 0.2) is 29.2 Å². The highest BCUT2D eigenvalue weighted by molar-refractivity contribution is 7.89. The van der Waals surface area contributed by atoms with Gasteiger partial charge in [0.15, 0.2) is 0 Å². The molecule has 0 unspecified atom stereocenters. The zero-order valence-electron chi connectivity index (χ0n) is 15.1. The van der Waals surface area contributed by atoms with Crippen LogP contribution in [-0.4, -0.2) is 46.7 Å². The van der Waals surface area contributed by atoms with Crippen molar-refractivity contribution in [3.8, 4) is 0 Å². The lowest BCUT2D eigenvalue weighted by Crippen LogP contribution is -2.39. The molecule has 0 radical (unpaired) electrons. The molecule has 1 saturated heterocycles. The minimum Gasteiger partial charge on any atom is -0.478 e. The molecule has 140 valence electrons. The number of aromatic nitrogens is 2. The third-order valence-corrected chi connectivity index (χ3v) is 7.15. The van der Waals surface area contributed by atoms with Gasteiger partial charge in [-0.2, -0.15) is 9.40 Å². The van der Waals surface area contributed by atoms with Crippen LogP contribution in [0.25, 0.3) is 0 Å². The Morgan fingerprint density at radius 3 is 2.65 bits per heavy atom. The van der Waals surface area contributed by atoms with Crippen LogP contribution in [0.4, 0.5) is 0 Å². The van der Waals surface area contributed by atoms with E-state index in [9.17, 15) is 18.3 Å². The van der Waals surface area contributed by atoms with Crippen molar-refractivity contribution in [1.29, 1.82) is 0 Å². The largest absolute Gasteiger partial charge is 0.478 e. The molecular formula is C18H23N3O4S. The summed E-state index contributed by atoms with van der Waals surface area (Å²) < 4.78 is 29.4. The first-order valence-corrected chi connectivity index (χ1v) is 9.99. The second-order valence-electron chi connectivity index (χ2n) is 6.76. The molecule has 1 aliphatic rings. The molecule has 1 atom stereocenters. The molecule has 8 heteroatoms. The molecular weight excluding hydrogens is 354 g/mol. The van der Waals surface area contributed by atoms with Crippen LogP contribution in [0.2, 0.25) is 0 Å². The van der Waals surface area contributed by atoms with Crippen LogP contribution in [0.5, 0.6) is 0 Å². The first kappa shape index (κ1) is 18.6. The number of sulfonamides is 1. The number of hydrogen-bond donors (Lipinski definition) is 1. The Morgan fingerprint density at radius 1 is 1.31 bits per heavy atom. The fraction of sp³-hybridized carbons (Fsp3) is 0.444. The average molecular weight is 377 g/mol. The van der Waals surface area contributed by atoms with E-state index < -0.39 is 16.0 Å². The maximum absolute atomic E-state index is 13.2. The van der Waals surface area contributed by atoms with Crippen LogP contribution < -0.4 is 0 Å². The predicted molar refractivity (Wildman–Crippen MR) is 96.8 cm³/mol. The topological polar surface area (TPSA) is 92.5 Å². The molecule has 0 saturated carbocycles. The fourth-order valence-electron chi connectivity index (χ4n) is 3.62. The van der Waals surface area contributed by atoms with E-state index in [1.807, 2.05) is 6.07 Å². The maximum Gasteiger partial charge on any atom is 0.335 e. The Balaban J connectivity index is 1.91.